The predicted octanol–water partition coefficient (Wildman–Crippen LogP) is 4.63. The van der Waals surface area contributed by atoms with Crippen molar-refractivity contribution in [3.63, 3.8) is 0 Å². The van der Waals surface area contributed by atoms with Gasteiger partial charge >= 0.3 is 0 Å². The summed E-state index contributed by atoms with van der Waals surface area (Å²) < 4.78 is 11.5. The van der Waals surface area contributed by atoms with Crippen molar-refractivity contribution in [1.29, 1.82) is 0 Å². The van der Waals surface area contributed by atoms with Crippen molar-refractivity contribution in [3.8, 4) is 0 Å². The summed E-state index contributed by atoms with van der Waals surface area (Å²) in [5.74, 6) is 1.59. The Morgan fingerprint density at radius 3 is 2.61 bits per heavy atom. The minimum Gasteiger partial charge on any atom is -0.378 e. The van der Waals surface area contributed by atoms with Crippen LogP contribution in [-0.2, 0) is 16.7 Å². The van der Waals surface area contributed by atoms with Gasteiger partial charge in [-0.3, -0.25) is 4.90 Å². The molecule has 152 valence electrons. The summed E-state index contributed by atoms with van der Waals surface area (Å²) in [4.78, 5) is 7.11. The molecule has 4 rings (SSSR count). The van der Waals surface area contributed by atoms with Gasteiger partial charge in [0, 0.05) is 13.2 Å². The van der Waals surface area contributed by atoms with E-state index in [1.807, 2.05) is 0 Å². The Labute approximate surface area is 168 Å². The smallest absolute Gasteiger partial charge is 0.240 e. The maximum Gasteiger partial charge on any atom is 0.240 e. The van der Waals surface area contributed by atoms with Gasteiger partial charge in [-0.05, 0) is 58.1 Å². The third kappa shape index (κ3) is 4.31. The van der Waals surface area contributed by atoms with Crippen LogP contribution in [0.2, 0.25) is 0 Å². The molecule has 1 aliphatic carbocycles. The number of nitrogens with zero attached hydrogens (tertiary/aromatic N) is 3. The quantitative estimate of drug-likeness (QED) is 0.698. The van der Waals surface area contributed by atoms with Gasteiger partial charge in [-0.25, -0.2) is 0 Å². The molecular formula is C23H33N3O2. The summed E-state index contributed by atoms with van der Waals surface area (Å²) in [5, 5.41) is 4.43. The monoisotopic (exact) mass is 383 g/mol. The van der Waals surface area contributed by atoms with Crippen molar-refractivity contribution in [3.05, 3.63) is 47.1 Å². The highest BCUT2D eigenvalue weighted by Crippen LogP contribution is 2.45. The Kier molecular flexibility index (Phi) is 6.12. The molecule has 2 aromatic rings. The SMILES string of the molecule is Cc1ccc(C2(c3noc(CN(C)CC[C@H]4CCCCO4)n3)CCCC2)cc1. The third-order valence-corrected chi connectivity index (χ3v) is 6.47. The van der Waals surface area contributed by atoms with Gasteiger partial charge in [0.1, 0.15) is 0 Å². The van der Waals surface area contributed by atoms with Gasteiger partial charge < -0.3 is 9.26 Å². The Morgan fingerprint density at radius 2 is 1.89 bits per heavy atom. The highest BCUT2D eigenvalue weighted by Gasteiger charge is 2.41. The summed E-state index contributed by atoms with van der Waals surface area (Å²) >= 11 is 0. The number of hydrogen-bond acceptors (Lipinski definition) is 5. The second kappa shape index (κ2) is 8.75. The molecule has 1 aromatic heterocycles. The van der Waals surface area contributed by atoms with Crippen molar-refractivity contribution in [2.24, 2.45) is 0 Å². The lowest BCUT2D eigenvalue weighted by atomic mass is 9.78. The largest absolute Gasteiger partial charge is 0.378 e. The minimum absolute atomic E-state index is 0.0794. The van der Waals surface area contributed by atoms with Crippen molar-refractivity contribution >= 4 is 0 Å². The first-order valence-corrected chi connectivity index (χ1v) is 10.9. The molecule has 5 nitrogen and oxygen atoms in total. The molecule has 2 heterocycles. The van der Waals surface area contributed by atoms with Gasteiger partial charge in [-0.15, -0.1) is 0 Å². The van der Waals surface area contributed by atoms with Crippen LogP contribution in [-0.4, -0.2) is 41.3 Å². The van der Waals surface area contributed by atoms with E-state index in [0.29, 0.717) is 12.6 Å². The number of aromatic nitrogens is 2. The second-order valence-electron chi connectivity index (χ2n) is 8.68. The Hall–Kier alpha value is -1.72. The molecule has 0 N–H and O–H groups in total. The fraction of sp³-hybridized carbons (Fsp3) is 0.652. The molecule has 0 radical (unpaired) electrons. The highest BCUT2D eigenvalue weighted by atomic mass is 16.5. The van der Waals surface area contributed by atoms with E-state index in [2.05, 4.69) is 48.3 Å². The molecule has 1 aliphatic heterocycles. The molecule has 1 saturated carbocycles. The molecule has 0 amide bonds. The lowest BCUT2D eigenvalue weighted by Crippen LogP contribution is -2.27. The Balaban J connectivity index is 1.41. The van der Waals surface area contributed by atoms with E-state index in [4.69, 9.17) is 14.2 Å². The first kappa shape index (κ1) is 19.6. The summed E-state index contributed by atoms with van der Waals surface area (Å²) in [6.07, 6.45) is 9.83. The zero-order chi connectivity index (χ0) is 19.4. The van der Waals surface area contributed by atoms with Gasteiger partial charge in [0.05, 0.1) is 18.1 Å². The lowest BCUT2D eigenvalue weighted by Gasteiger charge is -2.26. The fourth-order valence-electron chi connectivity index (χ4n) is 4.72. The van der Waals surface area contributed by atoms with E-state index < -0.39 is 0 Å². The van der Waals surface area contributed by atoms with Crippen LogP contribution in [0.4, 0.5) is 0 Å². The summed E-state index contributed by atoms with van der Waals surface area (Å²) in [6, 6.07) is 8.87. The number of benzene rings is 1. The summed E-state index contributed by atoms with van der Waals surface area (Å²) in [7, 11) is 2.12. The van der Waals surface area contributed by atoms with E-state index in [-0.39, 0.29) is 5.41 Å². The molecule has 28 heavy (non-hydrogen) atoms. The summed E-state index contributed by atoms with van der Waals surface area (Å²) in [6.45, 7) is 4.74. The van der Waals surface area contributed by atoms with Gasteiger partial charge in [0.2, 0.25) is 5.89 Å². The molecular weight excluding hydrogens is 350 g/mol. The van der Waals surface area contributed by atoms with E-state index in [0.717, 1.165) is 44.1 Å². The molecule has 1 atom stereocenters. The number of hydrogen-bond donors (Lipinski definition) is 0. The minimum atomic E-state index is -0.0794. The lowest BCUT2D eigenvalue weighted by molar-refractivity contribution is 0.00602. The predicted molar refractivity (Wildman–Crippen MR) is 109 cm³/mol. The van der Waals surface area contributed by atoms with Crippen LogP contribution in [0.1, 0.15) is 74.2 Å². The topological polar surface area (TPSA) is 51.4 Å². The third-order valence-electron chi connectivity index (χ3n) is 6.47. The van der Waals surface area contributed by atoms with Crippen molar-refractivity contribution in [1.82, 2.24) is 15.0 Å². The molecule has 5 heteroatoms. The molecule has 1 saturated heterocycles. The molecule has 2 aliphatic rings. The molecule has 2 fully saturated rings. The molecule has 0 spiro atoms. The van der Waals surface area contributed by atoms with Crippen LogP contribution in [0.25, 0.3) is 0 Å². The van der Waals surface area contributed by atoms with Gasteiger partial charge in [-0.1, -0.05) is 47.8 Å². The number of aryl methyl sites for hydroxylation is 1. The maximum atomic E-state index is 5.84. The first-order valence-electron chi connectivity index (χ1n) is 10.9. The Morgan fingerprint density at radius 1 is 1.11 bits per heavy atom. The summed E-state index contributed by atoms with van der Waals surface area (Å²) in [5.41, 5.74) is 2.53. The van der Waals surface area contributed by atoms with E-state index in [9.17, 15) is 0 Å². The van der Waals surface area contributed by atoms with Gasteiger partial charge in [0.15, 0.2) is 5.82 Å². The number of rotatable bonds is 7. The zero-order valence-electron chi connectivity index (χ0n) is 17.3. The molecule has 0 bridgehead atoms. The van der Waals surface area contributed by atoms with Crippen molar-refractivity contribution < 1.29 is 9.26 Å². The molecule has 1 aromatic carbocycles. The van der Waals surface area contributed by atoms with Crippen LogP contribution >= 0.6 is 0 Å². The van der Waals surface area contributed by atoms with Gasteiger partial charge in [-0.2, -0.15) is 4.98 Å². The first-order chi connectivity index (χ1) is 13.7. The van der Waals surface area contributed by atoms with E-state index in [1.165, 1.54) is 43.2 Å². The van der Waals surface area contributed by atoms with Crippen LogP contribution in [0.5, 0.6) is 0 Å². The van der Waals surface area contributed by atoms with Crippen molar-refractivity contribution in [2.45, 2.75) is 76.4 Å². The fourth-order valence-corrected chi connectivity index (χ4v) is 4.72. The standard InChI is InChI=1S/C23H33N3O2/c1-18-8-10-19(11-9-18)23(13-4-5-14-23)22-24-21(28-25-22)17-26(2)15-12-20-7-3-6-16-27-20/h8-11,20H,3-7,12-17H2,1-2H3/t20-/m1/s1. The highest BCUT2D eigenvalue weighted by molar-refractivity contribution is 5.35. The van der Waals surface area contributed by atoms with Crippen LogP contribution in [0.15, 0.2) is 28.8 Å². The van der Waals surface area contributed by atoms with Crippen molar-refractivity contribution in [2.75, 3.05) is 20.2 Å². The van der Waals surface area contributed by atoms with Crippen LogP contribution in [0, 0.1) is 6.92 Å². The average Bonchev–Trinajstić information content (AvgIpc) is 3.38. The zero-order valence-corrected chi connectivity index (χ0v) is 17.3. The van der Waals surface area contributed by atoms with Gasteiger partial charge in [0.25, 0.3) is 0 Å². The average molecular weight is 384 g/mol. The van der Waals surface area contributed by atoms with Crippen LogP contribution in [0.3, 0.4) is 0 Å². The Bertz CT molecular complexity index is 743. The van der Waals surface area contributed by atoms with Crippen LogP contribution < -0.4 is 0 Å². The normalized spacial score (nSPS) is 22.0. The maximum absolute atomic E-state index is 5.84. The molecule has 0 unspecified atom stereocenters. The number of ether oxygens (including phenoxy) is 1. The second-order valence-corrected chi connectivity index (χ2v) is 8.68. The van der Waals surface area contributed by atoms with E-state index >= 15 is 0 Å². The van der Waals surface area contributed by atoms with E-state index in [1.54, 1.807) is 0 Å².